The van der Waals surface area contributed by atoms with Crippen molar-refractivity contribution in [1.29, 1.82) is 0 Å². The zero-order valence-corrected chi connectivity index (χ0v) is 10.1. The van der Waals surface area contributed by atoms with Crippen molar-refractivity contribution in [3.05, 3.63) is 46.4 Å². The number of benzene rings is 1. The van der Waals surface area contributed by atoms with E-state index in [1.54, 1.807) is 30.5 Å². The van der Waals surface area contributed by atoms with Gasteiger partial charge in [-0.3, -0.25) is 0 Å². The molecule has 0 aliphatic carbocycles. The number of aliphatic hydroxyl groups is 1. The molecule has 0 fully saturated rings. The summed E-state index contributed by atoms with van der Waals surface area (Å²) in [4.78, 5) is 10.9. The normalized spacial score (nSPS) is 16.6. The van der Waals surface area contributed by atoms with Gasteiger partial charge in [0.05, 0.1) is 17.6 Å². The van der Waals surface area contributed by atoms with Crippen LogP contribution in [-0.4, -0.2) is 5.11 Å². The number of fused-ring (bicyclic) bond motifs is 3. The van der Waals surface area contributed by atoms with Crippen molar-refractivity contribution in [2.45, 2.75) is 0 Å². The number of anilines is 2. The molecule has 1 aromatic rings. The van der Waals surface area contributed by atoms with Crippen LogP contribution in [0.4, 0.5) is 11.4 Å². The van der Waals surface area contributed by atoms with Crippen molar-refractivity contribution in [3.8, 4) is 0 Å². The molecule has 0 spiro atoms. The molecule has 90 valence electrons. The highest BCUT2D eigenvalue weighted by atomic mass is 31.1. The smallest absolute Gasteiger partial charge is 0.350 e. The molecule has 1 unspecified atom stereocenters. The lowest BCUT2D eigenvalue weighted by atomic mass is 10.1. The fourth-order valence-corrected chi connectivity index (χ4v) is 2.42. The van der Waals surface area contributed by atoms with Gasteiger partial charge in [0.15, 0.2) is 0 Å². The number of nitrogens with one attached hydrogen (secondary N) is 2. The van der Waals surface area contributed by atoms with Gasteiger partial charge in [-0.2, -0.15) is 0 Å². The third kappa shape index (κ3) is 1.61. The van der Waals surface area contributed by atoms with Crippen molar-refractivity contribution in [3.63, 3.8) is 0 Å². The molecule has 0 saturated heterocycles. The number of hydrogen-bond donors (Lipinski definition) is 3. The summed E-state index contributed by atoms with van der Waals surface area (Å²) >= 11 is 0. The Kier molecular flexibility index (Phi) is 2.44. The van der Waals surface area contributed by atoms with Crippen LogP contribution in [0.15, 0.2) is 35.9 Å². The van der Waals surface area contributed by atoms with Gasteiger partial charge >= 0.3 is 8.03 Å². The van der Waals surface area contributed by atoms with E-state index in [0.717, 1.165) is 16.6 Å². The molecule has 2 aliphatic rings. The highest BCUT2D eigenvalue weighted by Crippen LogP contribution is 2.28. The SMILES string of the molecule is O=[P+]([O-])C1=CNc2c3c(ccc2=C1)=C(O)C=CN3. The second-order valence-corrected chi connectivity index (χ2v) is 4.96. The topological polar surface area (TPSA) is 84.4 Å². The molecule has 2 aliphatic heterocycles. The predicted octanol–water partition coefficient (Wildman–Crippen LogP) is 0.442. The van der Waals surface area contributed by atoms with Gasteiger partial charge in [-0.1, -0.05) is 10.6 Å². The van der Waals surface area contributed by atoms with Gasteiger partial charge in [0.25, 0.3) is 0 Å². The fourth-order valence-electron chi connectivity index (χ4n) is 2.00. The molecular formula is C12H9N2O3P. The molecule has 1 atom stereocenters. The summed E-state index contributed by atoms with van der Waals surface area (Å²) < 4.78 is 10.9. The van der Waals surface area contributed by atoms with E-state index < -0.39 is 8.03 Å². The van der Waals surface area contributed by atoms with E-state index in [9.17, 15) is 14.6 Å². The second kappa shape index (κ2) is 3.98. The van der Waals surface area contributed by atoms with E-state index in [4.69, 9.17) is 0 Å². The monoisotopic (exact) mass is 260 g/mol. The lowest BCUT2D eigenvalue weighted by Gasteiger charge is -2.16. The van der Waals surface area contributed by atoms with Crippen molar-refractivity contribution in [1.82, 2.24) is 0 Å². The van der Waals surface area contributed by atoms with Crippen molar-refractivity contribution in [2.24, 2.45) is 0 Å². The second-order valence-electron chi connectivity index (χ2n) is 3.93. The Morgan fingerprint density at radius 3 is 2.83 bits per heavy atom. The van der Waals surface area contributed by atoms with E-state index in [2.05, 4.69) is 10.6 Å². The number of aliphatic hydroxyl groups excluding tert-OH is 1. The average Bonchev–Trinajstić information content (AvgIpc) is 2.38. The molecule has 3 rings (SSSR count). The van der Waals surface area contributed by atoms with Gasteiger partial charge in [0.1, 0.15) is 5.76 Å². The first-order chi connectivity index (χ1) is 8.66. The quantitative estimate of drug-likeness (QED) is 0.638. The Morgan fingerprint density at radius 2 is 2.06 bits per heavy atom. The van der Waals surface area contributed by atoms with Gasteiger partial charge in [-0.25, -0.2) is 0 Å². The van der Waals surface area contributed by atoms with E-state index in [-0.39, 0.29) is 11.1 Å². The first kappa shape index (κ1) is 11.0. The summed E-state index contributed by atoms with van der Waals surface area (Å²) in [6.45, 7) is 0. The van der Waals surface area contributed by atoms with Crippen molar-refractivity contribution in [2.75, 3.05) is 10.6 Å². The van der Waals surface area contributed by atoms with Crippen LogP contribution >= 0.6 is 8.03 Å². The van der Waals surface area contributed by atoms with Gasteiger partial charge in [0.2, 0.25) is 5.31 Å². The fraction of sp³-hybridized carbons (Fsp3) is 0. The van der Waals surface area contributed by atoms with Gasteiger partial charge < -0.3 is 20.6 Å². The standard InChI is InChI=1S/C12H9N2O3P/c15-10-3-4-13-12-9(10)2-1-7-5-8(18(16)17)6-14-11(7)12/h1-6,13-15H. The van der Waals surface area contributed by atoms with Crippen molar-refractivity contribution < 1.29 is 14.6 Å². The van der Waals surface area contributed by atoms with Crippen molar-refractivity contribution >= 4 is 31.2 Å². The van der Waals surface area contributed by atoms with Crippen LogP contribution in [0.25, 0.3) is 11.8 Å². The molecule has 2 heterocycles. The Hall–Kier alpha value is -2.10. The molecule has 18 heavy (non-hydrogen) atoms. The van der Waals surface area contributed by atoms with Crippen LogP contribution in [0.5, 0.6) is 0 Å². The maximum absolute atomic E-state index is 10.9. The van der Waals surface area contributed by atoms with Crippen LogP contribution in [0.3, 0.4) is 0 Å². The molecule has 0 bridgehead atoms. The molecule has 0 radical (unpaired) electrons. The number of rotatable bonds is 1. The molecule has 0 saturated carbocycles. The highest BCUT2D eigenvalue weighted by molar-refractivity contribution is 7.42. The maximum Gasteiger partial charge on any atom is 0.350 e. The van der Waals surface area contributed by atoms with E-state index in [0.29, 0.717) is 5.22 Å². The lowest BCUT2D eigenvalue weighted by molar-refractivity contribution is -0.161. The molecule has 0 amide bonds. The molecule has 5 nitrogen and oxygen atoms in total. The number of hydrogen-bond acceptors (Lipinski definition) is 5. The van der Waals surface area contributed by atoms with Gasteiger partial charge in [0, 0.05) is 22.7 Å². The largest absolute Gasteiger partial charge is 0.591 e. The van der Waals surface area contributed by atoms with Gasteiger partial charge in [-0.15, -0.1) is 0 Å². The third-order valence-electron chi connectivity index (χ3n) is 2.86. The van der Waals surface area contributed by atoms with Gasteiger partial charge in [-0.05, 0) is 12.1 Å². The zero-order valence-electron chi connectivity index (χ0n) is 9.18. The Morgan fingerprint density at radius 1 is 1.22 bits per heavy atom. The summed E-state index contributed by atoms with van der Waals surface area (Å²) in [6, 6.07) is 3.52. The predicted molar refractivity (Wildman–Crippen MR) is 68.3 cm³/mol. The lowest BCUT2D eigenvalue weighted by Crippen LogP contribution is -2.24. The van der Waals surface area contributed by atoms with Crippen LogP contribution < -0.4 is 26.0 Å². The maximum atomic E-state index is 10.9. The zero-order chi connectivity index (χ0) is 12.7. The highest BCUT2D eigenvalue weighted by Gasteiger charge is 2.17. The third-order valence-corrected chi connectivity index (χ3v) is 3.54. The first-order valence-electron chi connectivity index (χ1n) is 5.29. The summed E-state index contributed by atoms with van der Waals surface area (Å²) in [5, 5.41) is 17.4. The van der Waals surface area contributed by atoms with Crippen LogP contribution in [0.2, 0.25) is 0 Å². The molecular weight excluding hydrogens is 251 g/mol. The minimum atomic E-state index is -2.61. The summed E-state index contributed by atoms with van der Waals surface area (Å²) in [5.41, 5.74) is 1.49. The van der Waals surface area contributed by atoms with E-state index in [1.807, 2.05) is 0 Å². The minimum absolute atomic E-state index is 0.179. The molecule has 3 N–H and O–H groups in total. The Bertz CT molecular complexity index is 734. The average molecular weight is 260 g/mol. The van der Waals surface area contributed by atoms with Crippen LogP contribution in [0.1, 0.15) is 0 Å². The first-order valence-corrected chi connectivity index (χ1v) is 6.47. The minimum Gasteiger partial charge on any atom is -0.591 e. The Balaban J connectivity index is 2.27. The van der Waals surface area contributed by atoms with E-state index in [1.165, 1.54) is 6.20 Å². The molecule has 1 aromatic carbocycles. The Labute approximate surface area is 103 Å². The summed E-state index contributed by atoms with van der Waals surface area (Å²) in [6.07, 6.45) is 6.23. The van der Waals surface area contributed by atoms with Crippen LogP contribution in [-0.2, 0) is 4.57 Å². The summed E-state index contributed by atoms with van der Waals surface area (Å²) in [7, 11) is -2.61. The molecule has 6 heteroatoms. The summed E-state index contributed by atoms with van der Waals surface area (Å²) in [5.74, 6) is 0.179. The number of allylic oxidation sites excluding steroid dienone is 1. The van der Waals surface area contributed by atoms with E-state index >= 15 is 0 Å². The van der Waals surface area contributed by atoms with Crippen LogP contribution in [0, 0.1) is 0 Å². The molecule has 0 aromatic heterocycles.